The lowest BCUT2D eigenvalue weighted by Gasteiger charge is -2.18. The highest BCUT2D eigenvalue weighted by Gasteiger charge is 2.19. The summed E-state index contributed by atoms with van der Waals surface area (Å²) in [5.41, 5.74) is -0.0371. The van der Waals surface area contributed by atoms with Crippen LogP contribution in [-0.2, 0) is 9.84 Å². The van der Waals surface area contributed by atoms with Gasteiger partial charge in [-0.2, -0.15) is 9.78 Å². The molecule has 7 nitrogen and oxygen atoms in total. The van der Waals surface area contributed by atoms with E-state index in [2.05, 4.69) is 5.10 Å². The summed E-state index contributed by atoms with van der Waals surface area (Å²) in [4.78, 5) is 13.4. The maximum absolute atomic E-state index is 14.1. The van der Waals surface area contributed by atoms with Crippen molar-refractivity contribution in [2.45, 2.75) is 37.7 Å². The summed E-state index contributed by atoms with van der Waals surface area (Å²) >= 11 is 0. The summed E-state index contributed by atoms with van der Waals surface area (Å²) in [5.74, 6) is -0.501. The van der Waals surface area contributed by atoms with Crippen molar-refractivity contribution in [3.63, 3.8) is 0 Å². The lowest BCUT2D eigenvalue weighted by atomic mass is 10.1. The van der Waals surface area contributed by atoms with Crippen LogP contribution in [-0.4, -0.2) is 41.8 Å². The molecule has 0 bridgehead atoms. The highest BCUT2D eigenvalue weighted by molar-refractivity contribution is 7.90. The van der Waals surface area contributed by atoms with E-state index in [1.807, 2.05) is 0 Å². The van der Waals surface area contributed by atoms with Gasteiger partial charge in [-0.1, -0.05) is 18.2 Å². The molecule has 3 rings (SSSR count). The van der Waals surface area contributed by atoms with Crippen LogP contribution in [0.25, 0.3) is 16.8 Å². The maximum atomic E-state index is 14.1. The van der Waals surface area contributed by atoms with E-state index in [1.54, 1.807) is 45.0 Å². The van der Waals surface area contributed by atoms with Crippen molar-refractivity contribution >= 4 is 9.84 Å². The monoisotopic (exact) mass is 460 g/mol. The van der Waals surface area contributed by atoms with Gasteiger partial charge in [-0.05, 0) is 56.2 Å². The maximum Gasteiger partial charge on any atom is 0.314 e. The van der Waals surface area contributed by atoms with Gasteiger partial charge in [0.15, 0.2) is 15.6 Å². The van der Waals surface area contributed by atoms with Gasteiger partial charge in [-0.25, -0.2) is 12.8 Å². The van der Waals surface area contributed by atoms with Crippen LogP contribution in [0.15, 0.2) is 58.4 Å². The second-order valence-corrected chi connectivity index (χ2v) is 10.3. The molecule has 0 radical (unpaired) electrons. The molecule has 9 heteroatoms. The highest BCUT2D eigenvalue weighted by Crippen LogP contribution is 2.28. The normalized spacial score (nSPS) is 12.1. The van der Waals surface area contributed by atoms with E-state index >= 15 is 0 Å². The van der Waals surface area contributed by atoms with Gasteiger partial charge in [0.25, 0.3) is 0 Å². The molecular weight excluding hydrogens is 435 g/mol. The van der Waals surface area contributed by atoms with E-state index in [0.29, 0.717) is 16.7 Å². The number of sulfone groups is 1. The summed E-state index contributed by atoms with van der Waals surface area (Å²) < 4.78 is 44.4. The second kappa shape index (κ2) is 8.84. The molecule has 0 unspecified atom stereocenters. The number of hydrogen-bond donors (Lipinski definition) is 1. The van der Waals surface area contributed by atoms with Gasteiger partial charge in [-0.3, -0.25) is 4.79 Å². The fourth-order valence-electron chi connectivity index (χ4n) is 2.97. The van der Waals surface area contributed by atoms with Crippen LogP contribution in [0.3, 0.4) is 0 Å². The average Bonchev–Trinajstić information content (AvgIpc) is 2.70. The van der Waals surface area contributed by atoms with Crippen LogP contribution in [0, 0.1) is 12.7 Å². The Morgan fingerprint density at radius 3 is 2.38 bits per heavy atom. The fourth-order valence-corrected chi connectivity index (χ4v) is 3.60. The Labute approximate surface area is 186 Å². The Balaban J connectivity index is 2.10. The summed E-state index contributed by atoms with van der Waals surface area (Å²) in [6.45, 7) is 4.92. The summed E-state index contributed by atoms with van der Waals surface area (Å²) in [6.07, 6.45) is 2.78. The Morgan fingerprint density at radius 2 is 1.81 bits per heavy atom. The number of benzene rings is 2. The molecule has 0 aliphatic rings. The van der Waals surface area contributed by atoms with Crippen molar-refractivity contribution in [1.29, 1.82) is 0 Å². The molecule has 2 aromatic carbocycles. The Morgan fingerprint density at radius 1 is 1.16 bits per heavy atom. The van der Waals surface area contributed by atoms with Gasteiger partial charge in [0.2, 0.25) is 0 Å². The Hall–Kier alpha value is -3.04. The van der Waals surface area contributed by atoms with Crippen molar-refractivity contribution in [3.8, 4) is 22.6 Å². The first-order chi connectivity index (χ1) is 14.9. The van der Waals surface area contributed by atoms with Crippen LogP contribution < -0.4 is 10.3 Å². The largest absolute Gasteiger partial charge is 0.487 e. The van der Waals surface area contributed by atoms with E-state index in [0.717, 1.165) is 10.9 Å². The van der Waals surface area contributed by atoms with E-state index < -0.39 is 26.8 Å². The van der Waals surface area contributed by atoms with E-state index in [4.69, 9.17) is 4.74 Å². The lowest BCUT2D eigenvalue weighted by molar-refractivity contribution is 0.0551. The molecule has 1 aromatic heterocycles. The lowest BCUT2D eigenvalue weighted by Crippen LogP contribution is -2.26. The number of aromatic nitrogens is 2. The third-order valence-corrected chi connectivity index (χ3v) is 6.02. The van der Waals surface area contributed by atoms with E-state index in [-0.39, 0.29) is 29.4 Å². The van der Waals surface area contributed by atoms with Crippen LogP contribution in [0.5, 0.6) is 5.75 Å². The van der Waals surface area contributed by atoms with Gasteiger partial charge in [-0.15, -0.1) is 0 Å². The molecule has 1 N–H and O–H groups in total. The molecule has 0 fully saturated rings. The van der Waals surface area contributed by atoms with Crippen LogP contribution in [0.2, 0.25) is 0 Å². The highest BCUT2D eigenvalue weighted by atomic mass is 32.2. The molecule has 0 amide bonds. The molecule has 0 saturated heterocycles. The van der Waals surface area contributed by atoms with Crippen molar-refractivity contribution in [2.75, 3.05) is 12.9 Å². The zero-order valence-corrected chi connectivity index (χ0v) is 19.1. The third kappa shape index (κ3) is 5.41. The van der Waals surface area contributed by atoms with Crippen molar-refractivity contribution in [3.05, 3.63) is 70.4 Å². The average molecular weight is 461 g/mol. The van der Waals surface area contributed by atoms with Crippen LogP contribution in [0.1, 0.15) is 25.8 Å². The zero-order chi connectivity index (χ0) is 23.7. The first-order valence-corrected chi connectivity index (χ1v) is 11.8. The number of aliphatic hydroxyl groups is 1. The fraction of sp³-hybridized carbons (Fsp3) is 0.304. The van der Waals surface area contributed by atoms with Gasteiger partial charge >= 0.3 is 5.56 Å². The molecule has 0 atom stereocenters. The minimum absolute atomic E-state index is 0.0302. The van der Waals surface area contributed by atoms with Gasteiger partial charge < -0.3 is 9.84 Å². The number of aryl methyl sites for hydroxylation is 1. The molecule has 0 aliphatic carbocycles. The van der Waals surface area contributed by atoms with Crippen molar-refractivity contribution < 1.29 is 22.7 Å². The molecule has 3 aromatic rings. The molecule has 170 valence electrons. The second-order valence-electron chi connectivity index (χ2n) is 8.25. The molecule has 32 heavy (non-hydrogen) atoms. The molecule has 1 heterocycles. The quantitative estimate of drug-likeness (QED) is 0.581. The minimum Gasteiger partial charge on any atom is -0.487 e. The topological polar surface area (TPSA) is 98.5 Å². The van der Waals surface area contributed by atoms with Gasteiger partial charge in [0, 0.05) is 18.2 Å². The molecule has 0 spiro atoms. The number of nitrogens with zero attached hydrogens (tertiary/aromatic N) is 2. The van der Waals surface area contributed by atoms with Gasteiger partial charge in [0.1, 0.15) is 5.82 Å². The van der Waals surface area contributed by atoms with E-state index in [1.165, 1.54) is 24.4 Å². The minimum atomic E-state index is -3.38. The summed E-state index contributed by atoms with van der Waals surface area (Å²) in [5, 5.41) is 14.1. The first-order valence-electron chi connectivity index (χ1n) is 9.91. The first kappa shape index (κ1) is 23.6. The molecule has 0 saturated carbocycles. The van der Waals surface area contributed by atoms with E-state index in [9.17, 15) is 22.7 Å². The number of ether oxygens (including phenoxy) is 1. The van der Waals surface area contributed by atoms with Crippen LogP contribution in [0.4, 0.5) is 4.39 Å². The zero-order valence-electron chi connectivity index (χ0n) is 18.3. The number of hydrogen-bond acceptors (Lipinski definition) is 6. The molecule has 0 aliphatic heterocycles. The number of halogens is 1. The predicted octanol–water partition coefficient (Wildman–Crippen LogP) is 3.29. The Kier molecular flexibility index (Phi) is 6.52. The smallest absolute Gasteiger partial charge is 0.314 e. The van der Waals surface area contributed by atoms with Gasteiger partial charge in [0.05, 0.1) is 29.0 Å². The standard InChI is InChI=1S/C23H25FN2O5S/c1-15-5-8-17(13-20(15)24)26-22(27)21(31-12-11-23(2,3)28)19(14-25-26)16-6-9-18(10-7-16)32(4,29)30/h5-10,13-14,28H,11-12H2,1-4H3. The summed E-state index contributed by atoms with van der Waals surface area (Å²) in [6, 6.07) is 10.3. The van der Waals surface area contributed by atoms with Crippen LogP contribution >= 0.6 is 0 Å². The Bertz CT molecular complexity index is 1290. The molecular formula is C23H25FN2O5S. The SMILES string of the molecule is Cc1ccc(-n2ncc(-c3ccc(S(C)(=O)=O)cc3)c(OCCC(C)(C)O)c2=O)cc1F. The van der Waals surface area contributed by atoms with Crippen molar-refractivity contribution in [2.24, 2.45) is 0 Å². The number of rotatable bonds is 7. The van der Waals surface area contributed by atoms with Crippen molar-refractivity contribution in [1.82, 2.24) is 9.78 Å². The summed E-state index contributed by atoms with van der Waals surface area (Å²) in [7, 11) is -3.38. The predicted molar refractivity (Wildman–Crippen MR) is 119 cm³/mol. The third-order valence-electron chi connectivity index (χ3n) is 4.89.